The molecule has 0 saturated heterocycles. The Morgan fingerprint density at radius 3 is 2.85 bits per heavy atom. The molecule has 0 aliphatic heterocycles. The quantitative estimate of drug-likeness (QED) is 0.615. The summed E-state index contributed by atoms with van der Waals surface area (Å²) >= 11 is 0. The summed E-state index contributed by atoms with van der Waals surface area (Å²) in [5.41, 5.74) is 0.509. The summed E-state index contributed by atoms with van der Waals surface area (Å²) in [7, 11) is 0. The molecule has 0 amide bonds. The highest BCUT2D eigenvalue weighted by molar-refractivity contribution is 5.59. The summed E-state index contributed by atoms with van der Waals surface area (Å²) in [6.45, 7) is 4.98. The highest BCUT2D eigenvalue weighted by Gasteiger charge is 2.27. The number of anilines is 1. The summed E-state index contributed by atoms with van der Waals surface area (Å²) in [6.07, 6.45) is 3.19. The lowest BCUT2D eigenvalue weighted by Gasteiger charge is -2.12. The summed E-state index contributed by atoms with van der Waals surface area (Å²) in [4.78, 5) is 10.8. The molecule has 112 valence electrons. The number of nitrogens with zero attached hydrogens (tertiary/aromatic N) is 3. The molecule has 20 heavy (non-hydrogen) atoms. The number of aryl methyl sites for hydroxylation is 2. The van der Waals surface area contributed by atoms with Gasteiger partial charge in [0.15, 0.2) is 0 Å². The fourth-order valence-electron chi connectivity index (χ4n) is 2.81. The second kappa shape index (κ2) is 6.21. The molecule has 2 atom stereocenters. The van der Waals surface area contributed by atoms with Crippen LogP contribution < -0.4 is 5.32 Å². The molecule has 7 nitrogen and oxygen atoms in total. The van der Waals surface area contributed by atoms with Crippen LogP contribution in [0.2, 0.25) is 0 Å². The number of rotatable bonds is 6. The van der Waals surface area contributed by atoms with E-state index in [1.54, 1.807) is 11.6 Å². The Bertz CT molecular complexity index is 486. The molecular formula is C13H22N4O3. The van der Waals surface area contributed by atoms with Crippen molar-refractivity contribution in [3.63, 3.8) is 0 Å². The van der Waals surface area contributed by atoms with Crippen molar-refractivity contribution in [2.24, 2.45) is 5.92 Å². The number of hydrogen-bond acceptors (Lipinski definition) is 5. The molecule has 2 unspecified atom stereocenters. The lowest BCUT2D eigenvalue weighted by Crippen LogP contribution is -2.16. The van der Waals surface area contributed by atoms with Gasteiger partial charge in [-0.05, 0) is 38.5 Å². The molecule has 7 heteroatoms. The van der Waals surface area contributed by atoms with Gasteiger partial charge in [0.05, 0.1) is 11.0 Å². The van der Waals surface area contributed by atoms with Crippen molar-refractivity contribution in [2.75, 3.05) is 11.9 Å². The molecule has 1 aliphatic carbocycles. The third-order valence-electron chi connectivity index (χ3n) is 3.79. The van der Waals surface area contributed by atoms with E-state index in [0.717, 1.165) is 25.7 Å². The highest BCUT2D eigenvalue weighted by atomic mass is 16.6. The van der Waals surface area contributed by atoms with Gasteiger partial charge in [-0.1, -0.05) is 6.92 Å². The van der Waals surface area contributed by atoms with E-state index in [0.29, 0.717) is 30.5 Å². The van der Waals surface area contributed by atoms with Crippen molar-refractivity contribution >= 4 is 11.5 Å². The number of aliphatic hydroxyl groups is 1. The molecule has 1 saturated carbocycles. The van der Waals surface area contributed by atoms with Gasteiger partial charge in [0.1, 0.15) is 5.69 Å². The van der Waals surface area contributed by atoms with E-state index in [1.165, 1.54) is 0 Å². The number of nitrogens with one attached hydrogen (secondary N) is 1. The van der Waals surface area contributed by atoms with Crippen LogP contribution in [0.4, 0.5) is 11.5 Å². The molecule has 1 heterocycles. The minimum Gasteiger partial charge on any atom is -0.393 e. The van der Waals surface area contributed by atoms with Crippen molar-refractivity contribution in [1.82, 2.24) is 9.78 Å². The maximum absolute atomic E-state index is 11.2. The van der Waals surface area contributed by atoms with Crippen LogP contribution in [-0.4, -0.2) is 32.5 Å². The van der Waals surface area contributed by atoms with Crippen LogP contribution in [0.3, 0.4) is 0 Å². The van der Waals surface area contributed by atoms with Gasteiger partial charge >= 0.3 is 5.69 Å². The first-order valence-electron chi connectivity index (χ1n) is 7.16. The van der Waals surface area contributed by atoms with Crippen molar-refractivity contribution in [3.8, 4) is 0 Å². The molecule has 0 bridgehead atoms. The van der Waals surface area contributed by atoms with Crippen LogP contribution in [0, 0.1) is 23.0 Å². The molecule has 1 fully saturated rings. The molecule has 0 radical (unpaired) electrons. The average molecular weight is 282 g/mol. The Morgan fingerprint density at radius 1 is 1.55 bits per heavy atom. The van der Waals surface area contributed by atoms with E-state index >= 15 is 0 Å². The number of nitro groups is 1. The van der Waals surface area contributed by atoms with Crippen LogP contribution in [0.1, 0.15) is 38.3 Å². The van der Waals surface area contributed by atoms with E-state index in [9.17, 15) is 15.2 Å². The normalized spacial score (nSPS) is 22.1. The zero-order chi connectivity index (χ0) is 14.7. The van der Waals surface area contributed by atoms with Gasteiger partial charge in [-0.3, -0.25) is 10.1 Å². The third-order valence-corrected chi connectivity index (χ3v) is 3.79. The van der Waals surface area contributed by atoms with Gasteiger partial charge in [-0.25, -0.2) is 4.68 Å². The van der Waals surface area contributed by atoms with Crippen LogP contribution in [0.25, 0.3) is 0 Å². The highest BCUT2D eigenvalue weighted by Crippen LogP contribution is 2.30. The molecule has 1 aromatic heterocycles. The molecule has 1 aliphatic rings. The van der Waals surface area contributed by atoms with Gasteiger partial charge in [-0.15, -0.1) is 0 Å². The van der Waals surface area contributed by atoms with E-state index < -0.39 is 0 Å². The van der Waals surface area contributed by atoms with E-state index in [4.69, 9.17) is 0 Å². The summed E-state index contributed by atoms with van der Waals surface area (Å²) < 4.78 is 1.68. The minimum absolute atomic E-state index is 0.0667. The van der Waals surface area contributed by atoms with Crippen molar-refractivity contribution < 1.29 is 10.0 Å². The molecule has 0 spiro atoms. The monoisotopic (exact) mass is 282 g/mol. The smallest absolute Gasteiger partial charge is 0.333 e. The van der Waals surface area contributed by atoms with Gasteiger partial charge in [0.25, 0.3) is 0 Å². The molecular weight excluding hydrogens is 260 g/mol. The van der Waals surface area contributed by atoms with Crippen molar-refractivity contribution in [1.29, 1.82) is 0 Å². The zero-order valence-electron chi connectivity index (χ0n) is 12.0. The predicted octanol–water partition coefficient (Wildman–Crippen LogP) is 2.08. The van der Waals surface area contributed by atoms with Crippen LogP contribution in [0.15, 0.2) is 0 Å². The molecule has 2 N–H and O–H groups in total. The van der Waals surface area contributed by atoms with E-state index in [1.807, 2.05) is 6.92 Å². The van der Waals surface area contributed by atoms with Crippen molar-refractivity contribution in [2.45, 2.75) is 52.2 Å². The molecule has 1 aromatic rings. The van der Waals surface area contributed by atoms with Crippen LogP contribution in [-0.2, 0) is 6.54 Å². The number of hydrogen-bond donors (Lipinski definition) is 2. The summed E-state index contributed by atoms with van der Waals surface area (Å²) in [5.74, 6) is 0.866. The number of aliphatic hydroxyl groups excluding tert-OH is 1. The third kappa shape index (κ3) is 3.09. The summed E-state index contributed by atoms with van der Waals surface area (Å²) in [6, 6.07) is 0. The zero-order valence-corrected chi connectivity index (χ0v) is 12.0. The Balaban J connectivity index is 2.13. The maximum Gasteiger partial charge on any atom is 0.333 e. The predicted molar refractivity (Wildman–Crippen MR) is 75.7 cm³/mol. The Kier molecular flexibility index (Phi) is 4.59. The van der Waals surface area contributed by atoms with E-state index in [2.05, 4.69) is 10.4 Å². The van der Waals surface area contributed by atoms with Crippen LogP contribution in [0.5, 0.6) is 0 Å². The maximum atomic E-state index is 11.2. The minimum atomic E-state index is -0.375. The standard InChI is InChI=1S/C13H22N4O3/c1-3-6-16-13(12(17(19)20)9(2)15-16)14-8-10-4-5-11(18)7-10/h10-11,14,18H,3-8H2,1-2H3. The van der Waals surface area contributed by atoms with Crippen LogP contribution >= 0.6 is 0 Å². The fourth-order valence-corrected chi connectivity index (χ4v) is 2.81. The first-order chi connectivity index (χ1) is 9.52. The molecule has 2 rings (SSSR count). The average Bonchev–Trinajstić information content (AvgIpc) is 2.91. The largest absolute Gasteiger partial charge is 0.393 e. The SMILES string of the molecule is CCCn1nc(C)c([N+](=O)[O-])c1NCC1CCC(O)C1. The second-order valence-electron chi connectivity index (χ2n) is 5.48. The first-order valence-corrected chi connectivity index (χ1v) is 7.16. The topological polar surface area (TPSA) is 93.2 Å². The summed E-state index contributed by atoms with van der Waals surface area (Å²) in [5, 5.41) is 28.1. The Labute approximate surface area is 118 Å². The van der Waals surface area contributed by atoms with E-state index in [-0.39, 0.29) is 16.7 Å². The van der Waals surface area contributed by atoms with Gasteiger partial charge < -0.3 is 10.4 Å². The van der Waals surface area contributed by atoms with Crippen molar-refractivity contribution in [3.05, 3.63) is 15.8 Å². The molecule has 0 aromatic carbocycles. The van der Waals surface area contributed by atoms with Gasteiger partial charge in [0, 0.05) is 13.1 Å². The lowest BCUT2D eigenvalue weighted by atomic mass is 10.1. The lowest BCUT2D eigenvalue weighted by molar-refractivity contribution is -0.384. The first kappa shape index (κ1) is 14.8. The number of aromatic nitrogens is 2. The Hall–Kier alpha value is -1.63. The van der Waals surface area contributed by atoms with Gasteiger partial charge in [-0.2, -0.15) is 5.10 Å². The second-order valence-corrected chi connectivity index (χ2v) is 5.48. The Morgan fingerprint density at radius 2 is 2.30 bits per heavy atom. The fraction of sp³-hybridized carbons (Fsp3) is 0.769. The van der Waals surface area contributed by atoms with Gasteiger partial charge in [0.2, 0.25) is 5.82 Å².